The summed E-state index contributed by atoms with van der Waals surface area (Å²) in [6.07, 6.45) is 7.00. The highest BCUT2D eigenvalue weighted by Crippen LogP contribution is 1.97. The summed E-state index contributed by atoms with van der Waals surface area (Å²) in [6, 6.07) is 3.82. The predicted molar refractivity (Wildman–Crippen MR) is 40.3 cm³/mol. The normalized spacial score (nSPS) is 10.1. The zero-order chi connectivity index (χ0) is 7.23. The summed E-state index contributed by atoms with van der Waals surface area (Å²) in [4.78, 5) is 3.88. The molecule has 0 radical (unpaired) electrons. The predicted octanol–water partition coefficient (Wildman–Crippen LogP) is 1.70. The lowest BCUT2D eigenvalue weighted by Gasteiger charge is -1.89. The summed E-state index contributed by atoms with van der Waals surface area (Å²) in [5.74, 6) is 0. The van der Waals surface area contributed by atoms with E-state index >= 15 is 0 Å². The van der Waals surface area contributed by atoms with E-state index in [1.807, 2.05) is 18.2 Å². The first-order valence-corrected chi connectivity index (χ1v) is 3.03. The average molecular weight is 135 g/mol. The van der Waals surface area contributed by atoms with E-state index in [1.54, 1.807) is 25.8 Å². The molecule has 1 aromatic heterocycles. The molecular formula is C8H9NO. The molecule has 0 saturated heterocycles. The minimum atomic E-state index is 1.09. The molecule has 2 nitrogen and oxygen atoms in total. The van der Waals surface area contributed by atoms with Gasteiger partial charge >= 0.3 is 0 Å². The van der Waals surface area contributed by atoms with Gasteiger partial charge in [-0.05, 0) is 23.8 Å². The van der Waals surface area contributed by atoms with E-state index in [9.17, 15) is 0 Å². The first kappa shape index (κ1) is 6.81. The quantitative estimate of drug-likeness (QED) is 0.576. The molecule has 1 aromatic rings. The molecule has 1 heterocycles. The fraction of sp³-hybridized carbons (Fsp3) is 0.125. The summed E-state index contributed by atoms with van der Waals surface area (Å²) in [5.41, 5.74) is 1.09. The van der Waals surface area contributed by atoms with Crippen LogP contribution in [0.1, 0.15) is 5.56 Å². The van der Waals surface area contributed by atoms with Gasteiger partial charge in [-0.2, -0.15) is 0 Å². The summed E-state index contributed by atoms with van der Waals surface area (Å²) >= 11 is 0. The summed E-state index contributed by atoms with van der Waals surface area (Å²) < 4.78 is 4.74. The Morgan fingerprint density at radius 2 is 2.10 bits per heavy atom. The molecule has 0 aliphatic rings. The van der Waals surface area contributed by atoms with Gasteiger partial charge in [0.2, 0.25) is 0 Å². The van der Waals surface area contributed by atoms with Gasteiger partial charge in [0.05, 0.1) is 13.4 Å². The van der Waals surface area contributed by atoms with Crippen molar-refractivity contribution in [2.45, 2.75) is 0 Å². The van der Waals surface area contributed by atoms with Crippen LogP contribution in [0.15, 0.2) is 30.8 Å². The maximum absolute atomic E-state index is 4.74. The van der Waals surface area contributed by atoms with Gasteiger partial charge in [-0.15, -0.1) is 0 Å². The lowest BCUT2D eigenvalue weighted by atomic mass is 10.3. The second-order valence-electron chi connectivity index (χ2n) is 1.82. The Bertz CT molecular complexity index is 206. The maximum atomic E-state index is 4.74. The Hall–Kier alpha value is -1.31. The number of ether oxygens (including phenoxy) is 1. The van der Waals surface area contributed by atoms with Gasteiger partial charge in [-0.3, -0.25) is 4.98 Å². The molecule has 0 aliphatic heterocycles. The second kappa shape index (κ2) is 3.67. The van der Waals surface area contributed by atoms with Crippen molar-refractivity contribution in [2.75, 3.05) is 7.11 Å². The molecule has 0 saturated carbocycles. The molecule has 2 heteroatoms. The molecule has 52 valence electrons. The van der Waals surface area contributed by atoms with Crippen LogP contribution in [0, 0.1) is 0 Å². The van der Waals surface area contributed by atoms with Crippen LogP contribution in [0.2, 0.25) is 0 Å². The van der Waals surface area contributed by atoms with E-state index in [0.29, 0.717) is 0 Å². The van der Waals surface area contributed by atoms with Crippen molar-refractivity contribution in [3.63, 3.8) is 0 Å². The average Bonchev–Trinajstić information content (AvgIpc) is 2.03. The Kier molecular flexibility index (Phi) is 2.49. The largest absolute Gasteiger partial charge is 0.504 e. The zero-order valence-electron chi connectivity index (χ0n) is 5.82. The van der Waals surface area contributed by atoms with Crippen LogP contribution in [-0.4, -0.2) is 12.1 Å². The molecule has 0 atom stereocenters. The molecule has 10 heavy (non-hydrogen) atoms. The lowest BCUT2D eigenvalue weighted by molar-refractivity contribution is 0.341. The van der Waals surface area contributed by atoms with E-state index in [-0.39, 0.29) is 0 Å². The number of pyridine rings is 1. The minimum Gasteiger partial charge on any atom is -0.504 e. The van der Waals surface area contributed by atoms with Crippen LogP contribution in [0.4, 0.5) is 0 Å². The smallest absolute Gasteiger partial charge is 0.0830 e. The Labute approximate surface area is 60.2 Å². The van der Waals surface area contributed by atoms with Gasteiger partial charge in [0.15, 0.2) is 0 Å². The van der Waals surface area contributed by atoms with E-state index in [1.165, 1.54) is 0 Å². The van der Waals surface area contributed by atoms with Crippen molar-refractivity contribution in [1.29, 1.82) is 0 Å². The SMILES string of the molecule is CO/C=C\c1ccncc1. The van der Waals surface area contributed by atoms with Gasteiger partial charge in [-0.25, -0.2) is 0 Å². The fourth-order valence-corrected chi connectivity index (χ4v) is 0.621. The van der Waals surface area contributed by atoms with Crippen molar-refractivity contribution in [3.05, 3.63) is 36.4 Å². The second-order valence-corrected chi connectivity index (χ2v) is 1.82. The van der Waals surface area contributed by atoms with Crippen molar-refractivity contribution in [1.82, 2.24) is 4.98 Å². The molecule has 0 fully saturated rings. The highest BCUT2D eigenvalue weighted by Gasteiger charge is 1.80. The van der Waals surface area contributed by atoms with Crippen LogP contribution in [0.25, 0.3) is 6.08 Å². The molecule has 0 spiro atoms. The van der Waals surface area contributed by atoms with Crippen molar-refractivity contribution >= 4 is 6.08 Å². The number of hydrogen-bond acceptors (Lipinski definition) is 2. The van der Waals surface area contributed by atoms with Crippen molar-refractivity contribution < 1.29 is 4.74 Å². The van der Waals surface area contributed by atoms with Crippen LogP contribution >= 0.6 is 0 Å². The maximum Gasteiger partial charge on any atom is 0.0830 e. The first-order valence-electron chi connectivity index (χ1n) is 3.03. The van der Waals surface area contributed by atoms with Gasteiger partial charge in [0.1, 0.15) is 0 Å². The third-order valence-electron chi connectivity index (χ3n) is 1.10. The number of methoxy groups -OCH3 is 1. The van der Waals surface area contributed by atoms with Crippen LogP contribution in [0.3, 0.4) is 0 Å². The highest BCUT2D eigenvalue weighted by atomic mass is 16.5. The van der Waals surface area contributed by atoms with E-state index in [0.717, 1.165) is 5.56 Å². The third kappa shape index (κ3) is 1.90. The lowest BCUT2D eigenvalue weighted by Crippen LogP contribution is -1.72. The van der Waals surface area contributed by atoms with E-state index < -0.39 is 0 Å². The molecule has 1 rings (SSSR count). The van der Waals surface area contributed by atoms with Gasteiger partial charge in [0.25, 0.3) is 0 Å². The van der Waals surface area contributed by atoms with Crippen LogP contribution in [-0.2, 0) is 4.74 Å². The van der Waals surface area contributed by atoms with Crippen molar-refractivity contribution in [2.24, 2.45) is 0 Å². The molecule has 0 amide bonds. The minimum absolute atomic E-state index is 1.09. The molecule has 0 N–H and O–H groups in total. The molecule has 0 aliphatic carbocycles. The standard InChI is InChI=1S/C8H9NO/c1-10-7-4-8-2-5-9-6-3-8/h2-7H,1H3/b7-4-. The Balaban J connectivity index is 2.67. The summed E-state index contributed by atoms with van der Waals surface area (Å²) in [6.45, 7) is 0. The summed E-state index contributed by atoms with van der Waals surface area (Å²) in [7, 11) is 1.62. The zero-order valence-corrected chi connectivity index (χ0v) is 5.82. The van der Waals surface area contributed by atoms with Gasteiger partial charge in [0, 0.05) is 12.4 Å². The van der Waals surface area contributed by atoms with E-state index in [4.69, 9.17) is 4.74 Å². The Morgan fingerprint density at radius 3 is 2.70 bits per heavy atom. The molecule has 0 bridgehead atoms. The van der Waals surface area contributed by atoms with Crippen LogP contribution in [0.5, 0.6) is 0 Å². The third-order valence-corrected chi connectivity index (χ3v) is 1.10. The first-order chi connectivity index (χ1) is 4.93. The number of rotatable bonds is 2. The van der Waals surface area contributed by atoms with Gasteiger partial charge in [-0.1, -0.05) is 0 Å². The fourth-order valence-electron chi connectivity index (χ4n) is 0.621. The Morgan fingerprint density at radius 1 is 1.40 bits per heavy atom. The van der Waals surface area contributed by atoms with E-state index in [2.05, 4.69) is 4.98 Å². The number of aromatic nitrogens is 1. The van der Waals surface area contributed by atoms with Gasteiger partial charge < -0.3 is 4.74 Å². The monoisotopic (exact) mass is 135 g/mol. The van der Waals surface area contributed by atoms with Crippen molar-refractivity contribution in [3.8, 4) is 0 Å². The molecular weight excluding hydrogens is 126 g/mol. The highest BCUT2D eigenvalue weighted by molar-refractivity contribution is 5.46. The number of hydrogen-bond donors (Lipinski definition) is 0. The summed E-state index contributed by atoms with van der Waals surface area (Å²) in [5, 5.41) is 0. The topological polar surface area (TPSA) is 22.1 Å². The van der Waals surface area contributed by atoms with Crippen LogP contribution < -0.4 is 0 Å². The number of nitrogens with zero attached hydrogens (tertiary/aromatic N) is 1. The molecule has 0 aromatic carbocycles. The molecule has 0 unspecified atom stereocenters.